The van der Waals surface area contributed by atoms with E-state index < -0.39 is 55.7 Å². The van der Waals surface area contributed by atoms with Gasteiger partial charge in [0.25, 0.3) is 0 Å². The molecular formula is C77H116O12. The van der Waals surface area contributed by atoms with Crippen molar-refractivity contribution in [2.24, 2.45) is 5.41 Å². The van der Waals surface area contributed by atoms with Crippen molar-refractivity contribution in [3.63, 3.8) is 0 Å². The number of esters is 4. The number of aromatic hydroxyl groups is 4. The predicted molar refractivity (Wildman–Crippen MR) is 360 cm³/mol. The summed E-state index contributed by atoms with van der Waals surface area (Å²) in [6, 6.07) is 16.0. The first-order valence-corrected chi connectivity index (χ1v) is 32.5. The third-order valence-corrected chi connectivity index (χ3v) is 16.7. The fourth-order valence-corrected chi connectivity index (χ4v) is 11.1. The van der Waals surface area contributed by atoms with Crippen LogP contribution in [0.3, 0.4) is 0 Å². The van der Waals surface area contributed by atoms with Gasteiger partial charge in [0.1, 0.15) is 54.8 Å². The van der Waals surface area contributed by atoms with Crippen LogP contribution in [0.1, 0.15) is 284 Å². The van der Waals surface area contributed by atoms with E-state index in [1.165, 1.54) is 0 Å². The molecule has 0 unspecified atom stereocenters. The summed E-state index contributed by atoms with van der Waals surface area (Å²) in [4.78, 5) is 55.9. The number of carbonyl (C=O) groups excluding carboxylic acids is 4. The Balaban J connectivity index is 1.68. The number of phenolic OH excluding ortho intramolecular Hbond substituents is 4. The van der Waals surface area contributed by atoms with Crippen molar-refractivity contribution in [1.82, 2.24) is 0 Å². The van der Waals surface area contributed by atoms with Crippen LogP contribution >= 0.6 is 0 Å². The first-order valence-electron chi connectivity index (χ1n) is 32.5. The lowest BCUT2D eigenvalue weighted by Gasteiger charge is -2.31. The van der Waals surface area contributed by atoms with Gasteiger partial charge in [0.15, 0.2) is 0 Å². The molecular weight excluding hydrogens is 1120 g/mol. The SMILES string of the molecule is CC(C)(C)c1cc(CCCC(=O)OCC(COC(=O)CCCc2cc(C(C)(C)C)c(O)c(C(C)(C)C)c2)(COC(=O)CCCc2cc(C(C)(C)C)c(O)c(C(C)(C)C)c2)COC(=O)CCCc2cc(C(C)(C)C)c(O)c(C(C)(C)C)c2)cc(C(C)(C)C)c1O. The zero-order valence-corrected chi connectivity index (χ0v) is 59.5. The molecule has 4 aromatic rings. The van der Waals surface area contributed by atoms with Crippen LogP contribution in [0.4, 0.5) is 0 Å². The molecule has 89 heavy (non-hydrogen) atoms. The van der Waals surface area contributed by atoms with Gasteiger partial charge in [0, 0.05) is 25.7 Å². The van der Waals surface area contributed by atoms with Crippen LogP contribution in [0, 0.1) is 5.41 Å². The molecule has 4 aromatic carbocycles. The molecule has 0 aliphatic heterocycles. The second-order valence-electron chi connectivity index (χ2n) is 33.7. The zero-order chi connectivity index (χ0) is 67.8. The van der Waals surface area contributed by atoms with E-state index >= 15 is 0 Å². The minimum atomic E-state index is -1.52. The second kappa shape index (κ2) is 29.1. The van der Waals surface area contributed by atoms with Crippen molar-refractivity contribution < 1.29 is 58.6 Å². The minimum Gasteiger partial charge on any atom is -0.507 e. The number of ether oxygens (including phenoxy) is 4. The third-order valence-electron chi connectivity index (χ3n) is 16.7. The van der Waals surface area contributed by atoms with Gasteiger partial charge in [0.2, 0.25) is 0 Å². The number of benzene rings is 4. The van der Waals surface area contributed by atoms with E-state index in [1.54, 1.807) is 0 Å². The van der Waals surface area contributed by atoms with Crippen molar-refractivity contribution >= 4 is 23.9 Å². The number of phenols is 4. The fraction of sp³-hybridized carbons (Fsp3) is 0.636. The molecule has 0 aliphatic carbocycles. The Labute approximate surface area is 536 Å². The number of hydrogen-bond acceptors (Lipinski definition) is 12. The normalized spacial score (nSPS) is 13.1. The lowest BCUT2D eigenvalue weighted by atomic mass is 9.78. The Morgan fingerprint density at radius 1 is 0.270 bits per heavy atom. The van der Waals surface area contributed by atoms with Gasteiger partial charge in [-0.15, -0.1) is 0 Å². The van der Waals surface area contributed by atoms with E-state index in [9.17, 15) is 39.6 Å². The quantitative estimate of drug-likeness (QED) is 0.0385. The number of carbonyl (C=O) groups is 4. The summed E-state index contributed by atoms with van der Waals surface area (Å²) in [7, 11) is 0. The Hall–Kier alpha value is -6.04. The Kier molecular flexibility index (Phi) is 24.6. The van der Waals surface area contributed by atoms with E-state index in [0.29, 0.717) is 51.4 Å². The van der Waals surface area contributed by atoms with Gasteiger partial charge in [-0.2, -0.15) is 0 Å². The van der Waals surface area contributed by atoms with E-state index in [2.05, 4.69) is 166 Å². The van der Waals surface area contributed by atoms with Gasteiger partial charge in [-0.25, -0.2) is 0 Å². The lowest BCUT2D eigenvalue weighted by Crippen LogP contribution is -2.44. The highest BCUT2D eigenvalue weighted by Gasteiger charge is 2.39. The van der Waals surface area contributed by atoms with Gasteiger partial charge in [-0.05, 0) is 161 Å². The Morgan fingerprint density at radius 3 is 0.528 bits per heavy atom. The van der Waals surface area contributed by atoms with Crippen molar-refractivity contribution in [2.75, 3.05) is 26.4 Å². The van der Waals surface area contributed by atoms with Crippen LogP contribution in [-0.4, -0.2) is 70.7 Å². The van der Waals surface area contributed by atoms with E-state index in [4.69, 9.17) is 18.9 Å². The molecule has 0 heterocycles. The van der Waals surface area contributed by atoms with Crippen LogP contribution in [0.5, 0.6) is 23.0 Å². The Morgan fingerprint density at radius 2 is 0.404 bits per heavy atom. The van der Waals surface area contributed by atoms with Crippen molar-refractivity contribution in [3.05, 3.63) is 115 Å². The smallest absolute Gasteiger partial charge is 0.305 e. The third kappa shape index (κ3) is 22.1. The maximum absolute atomic E-state index is 14.0. The molecule has 4 rings (SSSR count). The summed E-state index contributed by atoms with van der Waals surface area (Å²) in [6.07, 6.45) is 3.86. The van der Waals surface area contributed by atoms with Crippen LogP contribution in [0.15, 0.2) is 48.5 Å². The Bertz CT molecular complexity index is 2540. The molecule has 0 atom stereocenters. The average Bonchev–Trinajstić information content (AvgIpc) is 1.04. The maximum Gasteiger partial charge on any atom is 0.305 e. The predicted octanol–water partition coefficient (Wildman–Crippen LogP) is 17.4. The van der Waals surface area contributed by atoms with Crippen LogP contribution in [0.2, 0.25) is 0 Å². The lowest BCUT2D eigenvalue weighted by molar-refractivity contribution is -0.170. The van der Waals surface area contributed by atoms with Crippen LogP contribution < -0.4 is 0 Å². The minimum absolute atomic E-state index is 0.0212. The highest BCUT2D eigenvalue weighted by atomic mass is 16.6. The molecule has 0 amide bonds. The summed E-state index contributed by atoms with van der Waals surface area (Å²) >= 11 is 0. The fourth-order valence-electron chi connectivity index (χ4n) is 11.1. The van der Waals surface area contributed by atoms with Crippen molar-refractivity contribution in [1.29, 1.82) is 0 Å². The maximum atomic E-state index is 14.0. The molecule has 12 nitrogen and oxygen atoms in total. The van der Waals surface area contributed by atoms with Gasteiger partial charge in [-0.1, -0.05) is 215 Å². The summed E-state index contributed by atoms with van der Waals surface area (Å²) in [5.74, 6) is -1.07. The molecule has 0 aromatic heterocycles. The number of hydrogen-bond donors (Lipinski definition) is 4. The monoisotopic (exact) mass is 1230 g/mol. The van der Waals surface area contributed by atoms with Gasteiger partial charge >= 0.3 is 23.9 Å². The van der Waals surface area contributed by atoms with E-state index in [0.717, 1.165) is 66.8 Å². The van der Waals surface area contributed by atoms with E-state index in [-0.39, 0.29) is 92.0 Å². The van der Waals surface area contributed by atoms with E-state index in [1.807, 2.05) is 48.5 Å². The molecule has 0 saturated carbocycles. The van der Waals surface area contributed by atoms with Crippen molar-refractivity contribution in [2.45, 2.75) is 287 Å². The number of rotatable bonds is 24. The molecule has 496 valence electrons. The van der Waals surface area contributed by atoms with Gasteiger partial charge in [0.05, 0.1) is 0 Å². The highest BCUT2D eigenvalue weighted by molar-refractivity contribution is 5.71. The van der Waals surface area contributed by atoms with Crippen molar-refractivity contribution in [3.8, 4) is 23.0 Å². The molecule has 0 bridgehead atoms. The average molecular weight is 1230 g/mol. The van der Waals surface area contributed by atoms with Gasteiger partial charge < -0.3 is 39.4 Å². The summed E-state index contributed by atoms with van der Waals surface area (Å²) < 4.78 is 24.3. The number of aryl methyl sites for hydroxylation is 4. The topological polar surface area (TPSA) is 186 Å². The molecule has 0 saturated heterocycles. The summed E-state index contributed by atoms with van der Waals surface area (Å²) in [5, 5.41) is 45.5. The molecule has 0 radical (unpaired) electrons. The highest BCUT2D eigenvalue weighted by Crippen LogP contribution is 2.44. The van der Waals surface area contributed by atoms with Gasteiger partial charge in [-0.3, -0.25) is 19.2 Å². The first kappa shape index (κ1) is 75.4. The standard InChI is InChI=1S/C77H116O12/c1-69(2,3)53-37-49(38-54(65(53)82)70(4,5)6)29-25-33-61(78)86-45-77(46-87-62(79)34-26-30-50-39-55(71(7,8)9)66(83)56(40-50)72(10,11)12,47-88-63(80)35-27-31-51-41-57(73(13,14)15)67(84)58(42-51)74(16,17)18)48-89-64(81)36-28-32-52-43-59(75(19,20)21)68(85)60(44-52)76(22,23)24/h37-44,82-85H,25-36,45-48H2,1-24H3. The summed E-state index contributed by atoms with van der Waals surface area (Å²) in [6.45, 7) is 47.7. The van der Waals surface area contributed by atoms with Crippen LogP contribution in [0.25, 0.3) is 0 Å². The molecule has 12 heteroatoms. The summed E-state index contributed by atoms with van der Waals surface area (Å²) in [5.41, 5.74) is 6.28. The largest absolute Gasteiger partial charge is 0.507 e. The molecule has 0 spiro atoms. The van der Waals surface area contributed by atoms with Crippen LogP contribution in [-0.2, 0) is 107 Å². The molecule has 0 aliphatic rings. The second-order valence-corrected chi connectivity index (χ2v) is 33.7. The molecule has 4 N–H and O–H groups in total. The molecule has 0 fully saturated rings. The first-order chi connectivity index (χ1) is 40.4. The zero-order valence-electron chi connectivity index (χ0n) is 59.5.